The lowest BCUT2D eigenvalue weighted by atomic mass is 10.1. The molecule has 0 rings (SSSR count). The number of carboxylic acids is 1. The lowest BCUT2D eigenvalue weighted by molar-refractivity contribution is -0.887. The van der Waals surface area contributed by atoms with Gasteiger partial charge in [-0.2, -0.15) is 0 Å². The van der Waals surface area contributed by atoms with E-state index in [1.165, 1.54) is 70.6 Å². The van der Waals surface area contributed by atoms with Crippen molar-refractivity contribution in [3.8, 4) is 0 Å². The van der Waals surface area contributed by atoms with Crippen molar-refractivity contribution >= 4 is 17.9 Å². The van der Waals surface area contributed by atoms with Gasteiger partial charge in [0.25, 0.3) is 0 Å². The van der Waals surface area contributed by atoms with Gasteiger partial charge in [0.15, 0.2) is 12.1 Å². The van der Waals surface area contributed by atoms with Crippen molar-refractivity contribution in [2.75, 3.05) is 41.0 Å². The minimum Gasteiger partial charge on any atom is -0.477 e. The molecule has 0 aliphatic rings. The molecule has 284 valence electrons. The van der Waals surface area contributed by atoms with E-state index in [9.17, 15) is 19.5 Å². The molecule has 8 nitrogen and oxygen atoms in total. The Balaban J connectivity index is 4.35. The number of allylic oxidation sites excluding steroid dienone is 6. The molecule has 0 spiro atoms. The molecule has 0 aliphatic carbocycles. The van der Waals surface area contributed by atoms with Crippen LogP contribution in [0.25, 0.3) is 0 Å². The second-order valence-electron chi connectivity index (χ2n) is 14.2. The minimum atomic E-state index is -0.883. The third kappa shape index (κ3) is 31.3. The normalized spacial score (nSPS) is 13.4. The molecule has 0 aliphatic heterocycles. The number of carbonyl (C=O) groups excluding carboxylic acids is 2. The van der Waals surface area contributed by atoms with Crippen LogP contribution >= 0.6 is 0 Å². The Morgan fingerprint density at radius 3 is 1.71 bits per heavy atom. The van der Waals surface area contributed by atoms with Gasteiger partial charge in [-0.25, -0.2) is 4.79 Å². The quantitative estimate of drug-likeness (QED) is 0.0310. The van der Waals surface area contributed by atoms with Crippen molar-refractivity contribution in [3.63, 3.8) is 0 Å². The number of aliphatic carboxylic acids is 1. The van der Waals surface area contributed by atoms with E-state index in [4.69, 9.17) is 14.2 Å². The molecule has 0 saturated carbocycles. The summed E-state index contributed by atoms with van der Waals surface area (Å²) in [4.78, 5) is 36.7. The van der Waals surface area contributed by atoms with E-state index in [1.807, 2.05) is 27.2 Å². The maximum absolute atomic E-state index is 12.5. The number of hydrogen-bond donors (Lipinski definition) is 1. The largest absolute Gasteiger partial charge is 0.477 e. The summed E-state index contributed by atoms with van der Waals surface area (Å²) in [5.41, 5.74) is 0. The predicted molar refractivity (Wildman–Crippen MR) is 201 cm³/mol. The zero-order valence-electron chi connectivity index (χ0n) is 32.1. The number of esters is 2. The van der Waals surface area contributed by atoms with Gasteiger partial charge < -0.3 is 23.8 Å². The summed E-state index contributed by atoms with van der Waals surface area (Å²) in [5, 5.41) is 9.56. The van der Waals surface area contributed by atoms with Crippen LogP contribution in [0.1, 0.15) is 155 Å². The van der Waals surface area contributed by atoms with Crippen molar-refractivity contribution in [1.29, 1.82) is 0 Å². The Kier molecular flexibility index (Phi) is 31.1. The highest BCUT2D eigenvalue weighted by Crippen LogP contribution is 2.12. The van der Waals surface area contributed by atoms with Gasteiger partial charge >= 0.3 is 17.9 Å². The van der Waals surface area contributed by atoms with Crippen LogP contribution in [-0.4, -0.2) is 80.6 Å². The average molecular weight is 693 g/mol. The number of nitrogens with zero attached hydrogens (tertiary/aromatic N) is 1. The lowest BCUT2D eigenvalue weighted by Crippen LogP contribution is -2.50. The molecular formula is C41H74NO7+. The van der Waals surface area contributed by atoms with Crippen molar-refractivity contribution in [3.05, 3.63) is 36.5 Å². The number of ether oxygens (including phenoxy) is 3. The maximum atomic E-state index is 12.5. The Hall–Kier alpha value is -2.45. The molecule has 0 saturated heterocycles. The number of rotatable bonds is 34. The van der Waals surface area contributed by atoms with Crippen LogP contribution in [0.15, 0.2) is 36.5 Å². The first-order chi connectivity index (χ1) is 23.6. The molecule has 0 bridgehead atoms. The van der Waals surface area contributed by atoms with Gasteiger partial charge in [0, 0.05) is 19.3 Å². The monoisotopic (exact) mass is 693 g/mol. The van der Waals surface area contributed by atoms with Crippen LogP contribution in [0.3, 0.4) is 0 Å². The summed E-state index contributed by atoms with van der Waals surface area (Å²) in [6.07, 6.45) is 34.9. The summed E-state index contributed by atoms with van der Waals surface area (Å²) >= 11 is 0. The highest BCUT2D eigenvalue weighted by Gasteiger charge is 2.31. The molecule has 1 N–H and O–H groups in total. The van der Waals surface area contributed by atoms with Crippen molar-refractivity contribution in [1.82, 2.24) is 0 Å². The fourth-order valence-corrected chi connectivity index (χ4v) is 5.43. The van der Waals surface area contributed by atoms with Gasteiger partial charge in [-0.15, -0.1) is 0 Å². The van der Waals surface area contributed by atoms with E-state index >= 15 is 0 Å². The van der Waals surface area contributed by atoms with Crippen LogP contribution in [-0.2, 0) is 28.6 Å². The average Bonchev–Trinajstić information content (AvgIpc) is 3.05. The number of unbranched alkanes of at least 4 members (excludes halogenated alkanes) is 14. The molecule has 0 aromatic rings. The maximum Gasteiger partial charge on any atom is 0.362 e. The molecule has 8 heteroatoms. The smallest absolute Gasteiger partial charge is 0.362 e. The minimum absolute atomic E-state index is 0.0434. The van der Waals surface area contributed by atoms with Crippen LogP contribution in [0, 0.1) is 0 Å². The first kappa shape index (κ1) is 46.5. The zero-order chi connectivity index (χ0) is 36.4. The molecule has 0 aromatic heterocycles. The summed E-state index contributed by atoms with van der Waals surface area (Å²) in [7, 11) is 5.50. The predicted octanol–water partition coefficient (Wildman–Crippen LogP) is 9.91. The number of carboxylic acid groups (broad SMARTS) is 1. The van der Waals surface area contributed by atoms with Crippen LogP contribution in [0.5, 0.6) is 0 Å². The van der Waals surface area contributed by atoms with E-state index in [1.54, 1.807) is 0 Å². The molecule has 0 fully saturated rings. The highest BCUT2D eigenvalue weighted by molar-refractivity contribution is 5.72. The van der Waals surface area contributed by atoms with Gasteiger partial charge in [0.2, 0.25) is 0 Å². The molecule has 0 heterocycles. The first-order valence-electron chi connectivity index (χ1n) is 19.5. The third-order valence-electron chi connectivity index (χ3n) is 8.53. The second-order valence-corrected chi connectivity index (χ2v) is 14.2. The summed E-state index contributed by atoms with van der Waals surface area (Å²) < 4.78 is 17.1. The third-order valence-corrected chi connectivity index (χ3v) is 8.53. The zero-order valence-corrected chi connectivity index (χ0v) is 32.1. The van der Waals surface area contributed by atoms with E-state index < -0.39 is 18.1 Å². The van der Waals surface area contributed by atoms with Crippen molar-refractivity contribution in [2.45, 2.75) is 167 Å². The van der Waals surface area contributed by atoms with Gasteiger partial charge in [-0.05, 0) is 57.8 Å². The summed E-state index contributed by atoms with van der Waals surface area (Å²) in [6, 6.07) is -0.618. The van der Waals surface area contributed by atoms with Gasteiger partial charge in [0.05, 0.1) is 34.4 Å². The van der Waals surface area contributed by atoms with Gasteiger partial charge in [0.1, 0.15) is 6.61 Å². The topological polar surface area (TPSA) is 99.1 Å². The fraction of sp³-hybridized carbons (Fsp3) is 0.780. The van der Waals surface area contributed by atoms with E-state index in [-0.39, 0.29) is 42.7 Å². The van der Waals surface area contributed by atoms with Crippen molar-refractivity contribution in [2.24, 2.45) is 0 Å². The van der Waals surface area contributed by atoms with Crippen LogP contribution in [0.4, 0.5) is 0 Å². The lowest BCUT2D eigenvalue weighted by Gasteiger charge is -2.31. The Morgan fingerprint density at radius 2 is 1.12 bits per heavy atom. The Morgan fingerprint density at radius 1 is 0.612 bits per heavy atom. The number of hydrogen-bond acceptors (Lipinski definition) is 6. The molecule has 2 atom stereocenters. The molecule has 0 amide bonds. The molecular weight excluding hydrogens is 618 g/mol. The van der Waals surface area contributed by atoms with Gasteiger partial charge in [-0.1, -0.05) is 115 Å². The number of quaternary nitrogens is 1. The van der Waals surface area contributed by atoms with Crippen LogP contribution in [0.2, 0.25) is 0 Å². The van der Waals surface area contributed by atoms with Gasteiger partial charge in [-0.3, -0.25) is 9.59 Å². The summed E-state index contributed by atoms with van der Waals surface area (Å²) in [5.74, 6) is -1.55. The standard InChI is InChI=1S/C41H73NO7/c1-6-8-10-12-14-16-17-18-19-20-21-22-23-24-26-27-29-31-39(43)48-36-37(35-47-34-33-38(41(45)46)42(3,4)5)49-40(44)32-30-28-25-15-13-11-9-7-2/h14,16,18-19,25,28,37-38H,6-13,15,17,20-24,26-27,29-36H2,1-5H3/p+1/b16-14+,19-18+,28-25+. The van der Waals surface area contributed by atoms with E-state index in [0.717, 1.165) is 44.9 Å². The molecule has 2 unspecified atom stereocenters. The van der Waals surface area contributed by atoms with Crippen molar-refractivity contribution < 1.29 is 38.2 Å². The number of carbonyl (C=O) groups is 3. The molecule has 49 heavy (non-hydrogen) atoms. The van der Waals surface area contributed by atoms with Crippen LogP contribution < -0.4 is 0 Å². The van der Waals surface area contributed by atoms with E-state index in [2.05, 4.69) is 44.2 Å². The SMILES string of the molecule is CCCCC/C=C/C/C=C/CCCCCCCCCC(=O)OCC(COCCC(C(=O)O)[N+](C)(C)C)OC(=O)CC/C=C/CCCCCC. The highest BCUT2D eigenvalue weighted by atomic mass is 16.6. The fourth-order valence-electron chi connectivity index (χ4n) is 5.43. The molecule has 0 aromatic carbocycles. The number of likely N-dealkylation sites (N-methyl/N-ethyl adjacent to an activating group) is 1. The van der Waals surface area contributed by atoms with E-state index in [0.29, 0.717) is 19.3 Å². The Bertz CT molecular complexity index is 906. The second kappa shape index (κ2) is 32.7. The first-order valence-corrected chi connectivity index (χ1v) is 19.5. The summed E-state index contributed by atoms with van der Waals surface area (Å²) in [6.45, 7) is 4.60. The Labute approximate surface area is 300 Å². The molecule has 0 radical (unpaired) electrons.